The summed E-state index contributed by atoms with van der Waals surface area (Å²) in [7, 11) is -3.51. The Morgan fingerprint density at radius 3 is 2.85 bits per heavy atom. The monoisotopic (exact) mass is 599 g/mol. The molecule has 13 heteroatoms. The van der Waals surface area contributed by atoms with Crippen molar-refractivity contribution in [2.75, 3.05) is 18.2 Å². The molecule has 3 aromatic heterocycles. The summed E-state index contributed by atoms with van der Waals surface area (Å²) in [6.07, 6.45) is 5.87. The Labute approximate surface area is 238 Å². The van der Waals surface area contributed by atoms with Crippen molar-refractivity contribution in [1.82, 2.24) is 19.7 Å². The van der Waals surface area contributed by atoms with Crippen LogP contribution in [0.25, 0.3) is 20.7 Å². The number of fused-ring (bicyclic) bond motifs is 5. The molecule has 0 fully saturated rings. The number of ether oxygens (including phenoxy) is 1. The minimum absolute atomic E-state index is 0.0307. The van der Waals surface area contributed by atoms with Crippen molar-refractivity contribution in [2.45, 2.75) is 26.0 Å². The van der Waals surface area contributed by atoms with Crippen LogP contribution in [0.1, 0.15) is 16.8 Å². The van der Waals surface area contributed by atoms with Gasteiger partial charge in [-0.1, -0.05) is 23.7 Å². The number of halogens is 2. The van der Waals surface area contributed by atoms with E-state index in [9.17, 15) is 12.8 Å². The normalized spacial score (nSPS) is 12.8. The zero-order chi connectivity index (χ0) is 27.9. The van der Waals surface area contributed by atoms with Gasteiger partial charge in [0.15, 0.2) is 0 Å². The standard InChI is InChI=1S/C27H23ClFN5O4S2/c1-40(35,36)38-10-9-34-22-7-6-19-24-26(30-15-31-27(24)39-25(19)20(22)13-32-34)33-18-5-8-23(21(28)12-18)37-14-16-3-2-4-17(29)11-16/h2-5,8,11-13,15H,6-7,9-10,14H2,1H3,(H,30,31,33). The highest BCUT2D eigenvalue weighted by Crippen LogP contribution is 2.45. The minimum Gasteiger partial charge on any atom is -0.487 e. The number of anilines is 2. The maximum atomic E-state index is 13.5. The van der Waals surface area contributed by atoms with Gasteiger partial charge >= 0.3 is 0 Å². The lowest BCUT2D eigenvalue weighted by Crippen LogP contribution is -2.15. The van der Waals surface area contributed by atoms with Crippen molar-refractivity contribution in [1.29, 1.82) is 0 Å². The Bertz CT molecular complexity index is 1840. The summed E-state index contributed by atoms with van der Waals surface area (Å²) in [5, 5.41) is 9.22. The van der Waals surface area contributed by atoms with Crippen LogP contribution in [0.3, 0.4) is 0 Å². The lowest BCUT2D eigenvalue weighted by molar-refractivity contribution is 0.295. The van der Waals surface area contributed by atoms with Crippen LogP contribution in [0, 0.1) is 5.82 Å². The fraction of sp³-hybridized carbons (Fsp3) is 0.222. The van der Waals surface area contributed by atoms with E-state index in [1.165, 1.54) is 18.5 Å². The van der Waals surface area contributed by atoms with Crippen molar-refractivity contribution in [3.63, 3.8) is 0 Å². The Balaban J connectivity index is 1.23. The second-order valence-corrected chi connectivity index (χ2v) is 12.3. The van der Waals surface area contributed by atoms with Crippen LogP contribution in [0.4, 0.5) is 15.9 Å². The quantitative estimate of drug-likeness (QED) is 0.214. The number of hydrogen-bond donors (Lipinski definition) is 1. The maximum absolute atomic E-state index is 13.5. The third-order valence-corrected chi connectivity index (χ3v) is 8.53. The maximum Gasteiger partial charge on any atom is 0.264 e. The van der Waals surface area contributed by atoms with Crippen LogP contribution in [0.15, 0.2) is 55.0 Å². The van der Waals surface area contributed by atoms with Gasteiger partial charge in [0.1, 0.15) is 35.1 Å². The van der Waals surface area contributed by atoms with Gasteiger partial charge in [0.05, 0.1) is 36.0 Å². The molecular formula is C27H23ClFN5O4S2. The van der Waals surface area contributed by atoms with Crippen LogP contribution in [-0.2, 0) is 40.3 Å². The van der Waals surface area contributed by atoms with Gasteiger partial charge in [-0.15, -0.1) is 11.3 Å². The third-order valence-electron chi connectivity index (χ3n) is 6.47. The Morgan fingerprint density at radius 2 is 2.05 bits per heavy atom. The lowest BCUT2D eigenvalue weighted by atomic mass is 9.95. The van der Waals surface area contributed by atoms with Gasteiger partial charge in [0, 0.05) is 21.8 Å². The first kappa shape index (κ1) is 26.6. The minimum atomic E-state index is -3.51. The predicted molar refractivity (Wildman–Crippen MR) is 152 cm³/mol. The first-order chi connectivity index (χ1) is 19.2. The van der Waals surface area contributed by atoms with Crippen LogP contribution < -0.4 is 10.1 Å². The van der Waals surface area contributed by atoms with Crippen molar-refractivity contribution < 1.29 is 21.7 Å². The summed E-state index contributed by atoms with van der Waals surface area (Å²) in [5.74, 6) is 0.843. The number of aromatic nitrogens is 4. The second kappa shape index (κ2) is 10.8. The Hall–Kier alpha value is -3.58. The SMILES string of the molecule is CS(=O)(=O)OCCn1ncc2c1CCc1c-2sc2ncnc(Nc3ccc(OCc4cccc(F)c4)c(Cl)c3)c12. The average molecular weight is 600 g/mol. The van der Waals surface area contributed by atoms with Crippen molar-refractivity contribution in [3.8, 4) is 16.2 Å². The molecule has 0 amide bonds. The summed E-state index contributed by atoms with van der Waals surface area (Å²) in [6, 6.07) is 11.6. The molecule has 2 aromatic carbocycles. The number of aryl methyl sites for hydroxylation is 1. The Morgan fingerprint density at radius 1 is 1.18 bits per heavy atom. The van der Waals surface area contributed by atoms with E-state index >= 15 is 0 Å². The summed E-state index contributed by atoms with van der Waals surface area (Å²) in [4.78, 5) is 11.0. The zero-order valence-corrected chi connectivity index (χ0v) is 23.6. The molecule has 3 heterocycles. The second-order valence-electron chi connectivity index (χ2n) is 9.26. The van der Waals surface area contributed by atoms with Gasteiger partial charge in [-0.2, -0.15) is 13.5 Å². The molecule has 0 aliphatic heterocycles. The van der Waals surface area contributed by atoms with E-state index in [1.54, 1.807) is 40.3 Å². The molecule has 9 nitrogen and oxygen atoms in total. The molecule has 0 radical (unpaired) electrons. The van der Waals surface area contributed by atoms with Gasteiger partial charge in [-0.25, -0.2) is 14.4 Å². The van der Waals surface area contributed by atoms with Crippen molar-refractivity contribution in [2.24, 2.45) is 0 Å². The predicted octanol–water partition coefficient (Wildman–Crippen LogP) is 5.74. The highest BCUT2D eigenvalue weighted by atomic mass is 35.5. The summed E-state index contributed by atoms with van der Waals surface area (Å²) in [5.41, 5.74) is 4.64. The van der Waals surface area contributed by atoms with E-state index in [4.69, 9.17) is 20.5 Å². The van der Waals surface area contributed by atoms with Crippen molar-refractivity contribution >= 4 is 54.8 Å². The molecule has 0 saturated carbocycles. The fourth-order valence-electron chi connectivity index (χ4n) is 4.74. The molecule has 6 rings (SSSR count). The fourth-order valence-corrected chi connectivity index (χ4v) is 6.57. The van der Waals surface area contributed by atoms with Gasteiger partial charge in [-0.05, 0) is 54.3 Å². The van der Waals surface area contributed by atoms with Crippen LogP contribution >= 0.6 is 22.9 Å². The topological polar surface area (TPSA) is 108 Å². The number of rotatable bonds is 9. The number of benzene rings is 2. The first-order valence-corrected chi connectivity index (χ1v) is 15.4. The van der Waals surface area contributed by atoms with E-state index in [1.807, 2.05) is 12.3 Å². The summed E-state index contributed by atoms with van der Waals surface area (Å²) in [6.45, 7) is 0.571. The molecule has 1 aliphatic rings. The van der Waals surface area contributed by atoms with E-state index in [0.717, 1.165) is 56.7 Å². The van der Waals surface area contributed by atoms with E-state index in [0.29, 0.717) is 28.7 Å². The first-order valence-electron chi connectivity index (χ1n) is 12.3. The molecule has 1 aliphatic carbocycles. The molecule has 0 atom stereocenters. The lowest BCUT2D eigenvalue weighted by Gasteiger charge is -2.16. The number of hydrogen-bond acceptors (Lipinski definition) is 9. The molecule has 0 bridgehead atoms. The number of nitrogens with one attached hydrogen (secondary N) is 1. The van der Waals surface area contributed by atoms with E-state index in [2.05, 4.69) is 20.4 Å². The average Bonchev–Trinajstić information content (AvgIpc) is 3.49. The van der Waals surface area contributed by atoms with Gasteiger partial charge in [-0.3, -0.25) is 8.86 Å². The molecule has 5 aromatic rings. The zero-order valence-electron chi connectivity index (χ0n) is 21.2. The number of nitrogens with zero attached hydrogens (tertiary/aromatic N) is 4. The van der Waals surface area contributed by atoms with Crippen LogP contribution in [0.5, 0.6) is 5.75 Å². The molecule has 1 N–H and O–H groups in total. The van der Waals surface area contributed by atoms with Crippen molar-refractivity contribution in [3.05, 3.63) is 82.6 Å². The highest BCUT2D eigenvalue weighted by Gasteiger charge is 2.27. The van der Waals surface area contributed by atoms with Crippen LogP contribution in [0.2, 0.25) is 5.02 Å². The molecular weight excluding hydrogens is 577 g/mol. The molecule has 0 saturated heterocycles. The molecule has 40 heavy (non-hydrogen) atoms. The van der Waals surface area contributed by atoms with Gasteiger partial charge in [0.25, 0.3) is 10.1 Å². The molecule has 0 unspecified atom stereocenters. The molecule has 206 valence electrons. The summed E-state index contributed by atoms with van der Waals surface area (Å²) >= 11 is 8.08. The smallest absolute Gasteiger partial charge is 0.264 e. The largest absolute Gasteiger partial charge is 0.487 e. The molecule has 0 spiro atoms. The highest BCUT2D eigenvalue weighted by molar-refractivity contribution is 7.85. The summed E-state index contributed by atoms with van der Waals surface area (Å²) < 4.78 is 48.6. The third kappa shape index (κ3) is 5.52. The van der Waals surface area contributed by atoms with E-state index < -0.39 is 10.1 Å². The Kier molecular flexibility index (Phi) is 7.17. The van der Waals surface area contributed by atoms with Crippen LogP contribution in [-0.4, -0.2) is 41.0 Å². The van der Waals surface area contributed by atoms with Gasteiger partial charge < -0.3 is 10.1 Å². The van der Waals surface area contributed by atoms with Gasteiger partial charge in [0.2, 0.25) is 0 Å². The van der Waals surface area contributed by atoms with E-state index in [-0.39, 0.29) is 19.0 Å². The number of thiophene rings is 1.